The molecular weight excluding hydrogens is 210 g/mol. The lowest BCUT2D eigenvalue weighted by Crippen LogP contribution is -2.44. The van der Waals surface area contributed by atoms with E-state index in [0.29, 0.717) is 0 Å². The minimum Gasteiger partial charge on any atom is -0.329 e. The van der Waals surface area contributed by atoms with Gasteiger partial charge in [0.15, 0.2) is 0 Å². The van der Waals surface area contributed by atoms with Crippen LogP contribution in [0.4, 0.5) is 0 Å². The fraction of sp³-hybridized carbons (Fsp3) is 1.00. The molecule has 0 aliphatic carbocycles. The van der Waals surface area contributed by atoms with Gasteiger partial charge in [-0.1, -0.05) is 20.3 Å². The van der Waals surface area contributed by atoms with Crippen LogP contribution in [0.25, 0.3) is 0 Å². The Hall–Kier alpha value is -0.120. The fourth-order valence-corrected chi connectivity index (χ4v) is 2.93. The van der Waals surface area contributed by atoms with Crippen molar-refractivity contribution in [2.45, 2.75) is 52.0 Å². The average molecular weight is 241 g/mol. The van der Waals surface area contributed by atoms with E-state index < -0.39 is 0 Å². The lowest BCUT2D eigenvalue weighted by atomic mass is 10.1. The maximum Gasteiger partial charge on any atom is 0.0223 e. The molecule has 3 heteroatoms. The van der Waals surface area contributed by atoms with Crippen molar-refractivity contribution >= 4 is 0 Å². The highest BCUT2D eigenvalue weighted by Crippen LogP contribution is 2.16. The Bertz CT molecular complexity index is 178. The third-order valence-corrected chi connectivity index (χ3v) is 3.71. The minimum atomic E-state index is 0.768. The molecule has 1 aliphatic heterocycles. The lowest BCUT2D eigenvalue weighted by Gasteiger charge is -2.33. The largest absolute Gasteiger partial charge is 0.329 e. The molecule has 0 aromatic rings. The molecule has 1 saturated heterocycles. The predicted molar refractivity (Wildman–Crippen MR) is 75.3 cm³/mol. The molecule has 17 heavy (non-hydrogen) atoms. The van der Waals surface area contributed by atoms with Gasteiger partial charge >= 0.3 is 0 Å². The van der Waals surface area contributed by atoms with Crippen LogP contribution >= 0.6 is 0 Å². The first-order chi connectivity index (χ1) is 8.31. The number of likely N-dealkylation sites (tertiary alicyclic amines) is 1. The number of hydrogen-bond donors (Lipinski definition) is 1. The third-order valence-electron chi connectivity index (χ3n) is 3.71. The Balaban J connectivity index is 2.51. The number of hydrogen-bond acceptors (Lipinski definition) is 3. The normalized spacial score (nSPS) is 22.9. The maximum absolute atomic E-state index is 5.69. The molecule has 0 unspecified atom stereocenters. The smallest absolute Gasteiger partial charge is 0.0223 e. The van der Waals surface area contributed by atoms with Crippen LogP contribution in [0, 0.1) is 0 Å². The van der Waals surface area contributed by atoms with Gasteiger partial charge in [0.05, 0.1) is 0 Å². The Morgan fingerprint density at radius 1 is 1.18 bits per heavy atom. The molecule has 2 N–H and O–H groups in total. The lowest BCUT2D eigenvalue weighted by molar-refractivity contribution is 0.146. The summed E-state index contributed by atoms with van der Waals surface area (Å²) in [5.41, 5.74) is 5.69. The zero-order valence-electron chi connectivity index (χ0n) is 11.8. The SMILES string of the molecule is CCCN(CCC)[C@H]1CCCCN(CCN)C1. The standard InChI is InChI=1S/C14H31N3/c1-3-9-17(10-4-2)14-7-5-6-11-16(13-14)12-8-15/h14H,3-13,15H2,1-2H3/t14-/m0/s1. The van der Waals surface area contributed by atoms with Crippen molar-refractivity contribution in [1.82, 2.24) is 9.80 Å². The van der Waals surface area contributed by atoms with Crippen LogP contribution in [0.2, 0.25) is 0 Å². The van der Waals surface area contributed by atoms with Crippen molar-refractivity contribution < 1.29 is 0 Å². The zero-order chi connectivity index (χ0) is 12.5. The summed E-state index contributed by atoms with van der Waals surface area (Å²) in [5, 5.41) is 0. The summed E-state index contributed by atoms with van der Waals surface area (Å²) in [7, 11) is 0. The predicted octanol–water partition coefficient (Wildman–Crippen LogP) is 1.92. The quantitative estimate of drug-likeness (QED) is 0.739. The van der Waals surface area contributed by atoms with Gasteiger partial charge in [-0.3, -0.25) is 4.90 Å². The average Bonchev–Trinajstić information content (AvgIpc) is 2.55. The van der Waals surface area contributed by atoms with E-state index in [-0.39, 0.29) is 0 Å². The first kappa shape index (κ1) is 14.9. The molecule has 1 aliphatic rings. The molecule has 0 aromatic heterocycles. The molecule has 102 valence electrons. The van der Waals surface area contributed by atoms with Gasteiger partial charge in [0.2, 0.25) is 0 Å². The maximum atomic E-state index is 5.69. The highest BCUT2D eigenvalue weighted by atomic mass is 15.2. The van der Waals surface area contributed by atoms with Crippen LogP contribution in [0.3, 0.4) is 0 Å². The van der Waals surface area contributed by atoms with Crippen LogP contribution in [0.1, 0.15) is 46.0 Å². The summed E-state index contributed by atoms with van der Waals surface area (Å²) in [6.45, 7) is 11.5. The van der Waals surface area contributed by atoms with E-state index in [1.165, 1.54) is 58.3 Å². The van der Waals surface area contributed by atoms with Gasteiger partial charge in [-0.25, -0.2) is 0 Å². The molecule has 1 fully saturated rings. The molecular formula is C14H31N3. The summed E-state index contributed by atoms with van der Waals surface area (Å²) in [6.07, 6.45) is 6.65. The van der Waals surface area contributed by atoms with Crippen molar-refractivity contribution in [1.29, 1.82) is 0 Å². The first-order valence-electron chi connectivity index (χ1n) is 7.48. The third kappa shape index (κ3) is 5.36. The van der Waals surface area contributed by atoms with Crippen molar-refractivity contribution in [2.24, 2.45) is 5.73 Å². The molecule has 0 aromatic carbocycles. The van der Waals surface area contributed by atoms with Crippen LogP contribution in [-0.4, -0.2) is 55.1 Å². The van der Waals surface area contributed by atoms with E-state index in [1.807, 2.05) is 0 Å². The van der Waals surface area contributed by atoms with Gasteiger partial charge < -0.3 is 10.6 Å². The van der Waals surface area contributed by atoms with E-state index in [2.05, 4.69) is 23.6 Å². The molecule has 3 nitrogen and oxygen atoms in total. The highest BCUT2D eigenvalue weighted by molar-refractivity contribution is 4.79. The monoisotopic (exact) mass is 241 g/mol. The van der Waals surface area contributed by atoms with Gasteiger partial charge in [0, 0.05) is 25.7 Å². The Morgan fingerprint density at radius 2 is 1.88 bits per heavy atom. The number of nitrogens with two attached hydrogens (primary N) is 1. The van der Waals surface area contributed by atoms with Crippen LogP contribution in [0.5, 0.6) is 0 Å². The highest BCUT2D eigenvalue weighted by Gasteiger charge is 2.22. The topological polar surface area (TPSA) is 32.5 Å². The molecule has 0 radical (unpaired) electrons. The second-order valence-electron chi connectivity index (χ2n) is 5.27. The molecule has 0 bridgehead atoms. The second kappa shape index (κ2) is 8.90. The van der Waals surface area contributed by atoms with Gasteiger partial charge in [-0.05, 0) is 45.3 Å². The summed E-state index contributed by atoms with van der Waals surface area (Å²) in [4.78, 5) is 5.27. The Morgan fingerprint density at radius 3 is 2.47 bits per heavy atom. The first-order valence-corrected chi connectivity index (χ1v) is 7.48. The fourth-order valence-electron chi connectivity index (χ4n) is 2.93. The number of rotatable bonds is 7. The summed E-state index contributed by atoms with van der Waals surface area (Å²) >= 11 is 0. The van der Waals surface area contributed by atoms with Gasteiger partial charge in [-0.2, -0.15) is 0 Å². The van der Waals surface area contributed by atoms with Crippen molar-refractivity contribution in [3.05, 3.63) is 0 Å². The van der Waals surface area contributed by atoms with Crippen molar-refractivity contribution in [3.8, 4) is 0 Å². The molecule has 0 amide bonds. The summed E-state index contributed by atoms with van der Waals surface area (Å²) in [6, 6.07) is 0.768. The second-order valence-corrected chi connectivity index (χ2v) is 5.27. The summed E-state index contributed by atoms with van der Waals surface area (Å²) in [5.74, 6) is 0. The van der Waals surface area contributed by atoms with Crippen molar-refractivity contribution in [2.75, 3.05) is 39.3 Å². The van der Waals surface area contributed by atoms with Gasteiger partial charge in [0.1, 0.15) is 0 Å². The van der Waals surface area contributed by atoms with E-state index in [4.69, 9.17) is 5.73 Å². The molecule has 1 heterocycles. The van der Waals surface area contributed by atoms with E-state index in [9.17, 15) is 0 Å². The number of nitrogens with zero attached hydrogens (tertiary/aromatic N) is 2. The minimum absolute atomic E-state index is 0.768. The van der Waals surface area contributed by atoms with E-state index in [1.54, 1.807) is 0 Å². The molecule has 1 rings (SSSR count). The van der Waals surface area contributed by atoms with Crippen molar-refractivity contribution in [3.63, 3.8) is 0 Å². The summed E-state index contributed by atoms with van der Waals surface area (Å²) < 4.78 is 0. The molecule has 1 atom stereocenters. The Kier molecular flexibility index (Phi) is 7.82. The van der Waals surface area contributed by atoms with E-state index in [0.717, 1.165) is 19.1 Å². The van der Waals surface area contributed by atoms with Crippen LogP contribution in [0.15, 0.2) is 0 Å². The Labute approximate surface area is 107 Å². The zero-order valence-corrected chi connectivity index (χ0v) is 11.8. The van der Waals surface area contributed by atoms with Crippen LogP contribution in [-0.2, 0) is 0 Å². The van der Waals surface area contributed by atoms with Crippen LogP contribution < -0.4 is 5.73 Å². The molecule has 0 saturated carbocycles. The molecule has 0 spiro atoms. The van der Waals surface area contributed by atoms with Gasteiger partial charge in [-0.15, -0.1) is 0 Å². The van der Waals surface area contributed by atoms with E-state index >= 15 is 0 Å². The van der Waals surface area contributed by atoms with Gasteiger partial charge in [0.25, 0.3) is 0 Å².